The van der Waals surface area contributed by atoms with E-state index in [1.807, 2.05) is 0 Å². The van der Waals surface area contributed by atoms with Crippen molar-refractivity contribution in [2.75, 3.05) is 6.54 Å². The number of fused-ring (bicyclic) bond motifs is 1. The van der Waals surface area contributed by atoms with Gasteiger partial charge in [0.15, 0.2) is 0 Å². The topological polar surface area (TPSA) is 29.9 Å². The van der Waals surface area contributed by atoms with Gasteiger partial charge in [-0.05, 0) is 37.0 Å². The van der Waals surface area contributed by atoms with Crippen molar-refractivity contribution in [1.82, 2.24) is 14.9 Å². The van der Waals surface area contributed by atoms with Gasteiger partial charge in [0.2, 0.25) is 0 Å². The highest BCUT2D eigenvalue weighted by Crippen LogP contribution is 2.41. The Labute approximate surface area is 120 Å². The van der Waals surface area contributed by atoms with Crippen LogP contribution in [0.2, 0.25) is 0 Å². The molecule has 0 saturated heterocycles. The molecule has 104 valence electrons. The van der Waals surface area contributed by atoms with Crippen LogP contribution < -0.4 is 5.32 Å². The molecule has 2 heterocycles. The van der Waals surface area contributed by atoms with Gasteiger partial charge in [-0.1, -0.05) is 19.1 Å². The van der Waals surface area contributed by atoms with Gasteiger partial charge in [0.1, 0.15) is 5.82 Å². The van der Waals surface area contributed by atoms with Gasteiger partial charge in [-0.3, -0.25) is 0 Å². The molecule has 1 aromatic carbocycles. The smallest absolute Gasteiger partial charge is 0.116 e. The predicted molar refractivity (Wildman–Crippen MR) is 80.3 cm³/mol. The quantitative estimate of drug-likeness (QED) is 0.926. The molecule has 1 aliphatic carbocycles. The first-order chi connectivity index (χ1) is 9.86. The molecule has 4 rings (SSSR count). The SMILES string of the molecule is CCc1ccc(-n2c(C3CC3)nc3c2CCNC3)cc1. The van der Waals surface area contributed by atoms with E-state index < -0.39 is 0 Å². The van der Waals surface area contributed by atoms with Gasteiger partial charge < -0.3 is 9.88 Å². The van der Waals surface area contributed by atoms with E-state index >= 15 is 0 Å². The van der Waals surface area contributed by atoms with Crippen molar-refractivity contribution in [3.63, 3.8) is 0 Å². The number of nitrogens with zero attached hydrogens (tertiary/aromatic N) is 2. The molecule has 20 heavy (non-hydrogen) atoms. The fraction of sp³-hybridized carbons (Fsp3) is 0.471. The summed E-state index contributed by atoms with van der Waals surface area (Å²) in [4.78, 5) is 4.93. The van der Waals surface area contributed by atoms with Crippen molar-refractivity contribution >= 4 is 0 Å². The number of hydrogen-bond donors (Lipinski definition) is 1. The Hall–Kier alpha value is -1.61. The number of nitrogens with one attached hydrogen (secondary N) is 1. The number of benzene rings is 1. The first-order valence-corrected chi connectivity index (χ1v) is 7.77. The second kappa shape index (κ2) is 4.74. The Morgan fingerprint density at radius 2 is 2.05 bits per heavy atom. The summed E-state index contributed by atoms with van der Waals surface area (Å²) >= 11 is 0. The summed E-state index contributed by atoms with van der Waals surface area (Å²) in [5.41, 5.74) is 5.38. The summed E-state index contributed by atoms with van der Waals surface area (Å²) in [6.45, 7) is 4.19. The molecule has 1 aliphatic heterocycles. The third-order valence-electron chi connectivity index (χ3n) is 4.46. The zero-order valence-corrected chi connectivity index (χ0v) is 12.0. The Morgan fingerprint density at radius 1 is 1.25 bits per heavy atom. The monoisotopic (exact) mass is 267 g/mol. The van der Waals surface area contributed by atoms with E-state index in [1.54, 1.807) is 0 Å². The maximum Gasteiger partial charge on any atom is 0.116 e. The third kappa shape index (κ3) is 1.97. The standard InChI is InChI=1S/C17H21N3/c1-2-12-3-7-14(8-4-12)20-16-9-10-18-11-15(16)19-17(20)13-5-6-13/h3-4,7-8,13,18H,2,5-6,9-11H2,1H3. The summed E-state index contributed by atoms with van der Waals surface area (Å²) in [5.74, 6) is 1.98. The van der Waals surface area contributed by atoms with E-state index in [9.17, 15) is 0 Å². The van der Waals surface area contributed by atoms with Gasteiger partial charge in [0.25, 0.3) is 0 Å². The molecule has 2 aliphatic rings. The maximum atomic E-state index is 4.93. The van der Waals surface area contributed by atoms with E-state index in [1.165, 1.54) is 41.3 Å². The highest BCUT2D eigenvalue weighted by molar-refractivity contribution is 5.41. The number of aromatic nitrogens is 2. The zero-order valence-electron chi connectivity index (χ0n) is 12.0. The van der Waals surface area contributed by atoms with E-state index in [0.29, 0.717) is 5.92 Å². The van der Waals surface area contributed by atoms with Gasteiger partial charge in [-0.15, -0.1) is 0 Å². The highest BCUT2D eigenvalue weighted by Gasteiger charge is 2.32. The van der Waals surface area contributed by atoms with Crippen LogP contribution in [0, 0.1) is 0 Å². The molecule has 0 radical (unpaired) electrons. The van der Waals surface area contributed by atoms with Gasteiger partial charge in [0.05, 0.1) is 5.69 Å². The third-order valence-corrected chi connectivity index (χ3v) is 4.46. The van der Waals surface area contributed by atoms with Crippen molar-refractivity contribution in [3.8, 4) is 5.69 Å². The van der Waals surface area contributed by atoms with E-state index in [0.717, 1.165) is 25.9 Å². The lowest BCUT2D eigenvalue weighted by Crippen LogP contribution is -2.24. The molecule has 1 saturated carbocycles. The van der Waals surface area contributed by atoms with Gasteiger partial charge in [0, 0.05) is 36.8 Å². The van der Waals surface area contributed by atoms with E-state index in [-0.39, 0.29) is 0 Å². The van der Waals surface area contributed by atoms with Gasteiger partial charge in [-0.2, -0.15) is 0 Å². The zero-order chi connectivity index (χ0) is 13.5. The van der Waals surface area contributed by atoms with Crippen molar-refractivity contribution < 1.29 is 0 Å². The fourth-order valence-corrected chi connectivity index (χ4v) is 3.12. The Kier molecular flexibility index (Phi) is 2.88. The molecule has 3 nitrogen and oxygen atoms in total. The van der Waals surface area contributed by atoms with Crippen LogP contribution in [0.25, 0.3) is 5.69 Å². The molecular formula is C17H21N3. The largest absolute Gasteiger partial charge is 0.311 e. The van der Waals surface area contributed by atoms with Crippen LogP contribution in [-0.4, -0.2) is 16.1 Å². The van der Waals surface area contributed by atoms with Gasteiger partial charge >= 0.3 is 0 Å². The summed E-state index contributed by atoms with van der Waals surface area (Å²) in [7, 11) is 0. The molecule has 1 aromatic heterocycles. The molecule has 2 aromatic rings. The number of hydrogen-bond acceptors (Lipinski definition) is 2. The fourth-order valence-electron chi connectivity index (χ4n) is 3.12. The molecule has 3 heteroatoms. The summed E-state index contributed by atoms with van der Waals surface area (Å²) < 4.78 is 2.44. The Balaban J connectivity index is 1.83. The summed E-state index contributed by atoms with van der Waals surface area (Å²) in [5, 5.41) is 3.43. The molecule has 0 spiro atoms. The van der Waals surface area contributed by atoms with Crippen LogP contribution in [0.15, 0.2) is 24.3 Å². The Bertz CT molecular complexity index is 620. The number of imidazole rings is 1. The first kappa shape index (κ1) is 12.2. The molecule has 0 unspecified atom stereocenters. The van der Waals surface area contributed by atoms with Crippen molar-refractivity contribution in [1.29, 1.82) is 0 Å². The average Bonchev–Trinajstić information content (AvgIpc) is 3.28. The Morgan fingerprint density at radius 3 is 2.75 bits per heavy atom. The van der Waals surface area contributed by atoms with Crippen LogP contribution in [0.3, 0.4) is 0 Å². The molecular weight excluding hydrogens is 246 g/mol. The lowest BCUT2D eigenvalue weighted by atomic mass is 10.1. The second-order valence-corrected chi connectivity index (χ2v) is 5.92. The van der Waals surface area contributed by atoms with Crippen LogP contribution in [0.4, 0.5) is 0 Å². The molecule has 1 fully saturated rings. The van der Waals surface area contributed by atoms with Crippen LogP contribution in [-0.2, 0) is 19.4 Å². The molecule has 0 bridgehead atoms. The molecule has 0 amide bonds. The summed E-state index contributed by atoms with van der Waals surface area (Å²) in [6, 6.07) is 9.02. The first-order valence-electron chi connectivity index (χ1n) is 7.77. The molecule has 1 N–H and O–H groups in total. The lowest BCUT2D eigenvalue weighted by Gasteiger charge is -2.16. The maximum absolute atomic E-state index is 4.93. The minimum Gasteiger partial charge on any atom is -0.311 e. The average molecular weight is 267 g/mol. The molecule has 0 atom stereocenters. The number of aryl methyl sites for hydroxylation is 1. The second-order valence-electron chi connectivity index (χ2n) is 5.92. The van der Waals surface area contributed by atoms with Crippen LogP contribution in [0.5, 0.6) is 0 Å². The minimum atomic E-state index is 0.687. The van der Waals surface area contributed by atoms with Crippen molar-refractivity contribution in [2.24, 2.45) is 0 Å². The predicted octanol–water partition coefficient (Wildman–Crippen LogP) is 2.96. The van der Waals surface area contributed by atoms with E-state index in [4.69, 9.17) is 4.98 Å². The van der Waals surface area contributed by atoms with Crippen molar-refractivity contribution in [3.05, 3.63) is 47.0 Å². The minimum absolute atomic E-state index is 0.687. The number of rotatable bonds is 3. The highest BCUT2D eigenvalue weighted by atomic mass is 15.1. The van der Waals surface area contributed by atoms with E-state index in [2.05, 4.69) is 41.1 Å². The lowest BCUT2D eigenvalue weighted by molar-refractivity contribution is 0.620. The summed E-state index contributed by atoms with van der Waals surface area (Å²) in [6.07, 6.45) is 4.79. The van der Waals surface area contributed by atoms with Crippen molar-refractivity contribution in [2.45, 2.75) is 45.1 Å². The van der Waals surface area contributed by atoms with Crippen LogP contribution in [0.1, 0.15) is 48.5 Å². The van der Waals surface area contributed by atoms with Gasteiger partial charge in [-0.25, -0.2) is 4.98 Å². The van der Waals surface area contributed by atoms with Crippen LogP contribution >= 0.6 is 0 Å². The normalized spacial score (nSPS) is 18.1.